The molecule has 2 N–H and O–H groups in total. The van der Waals surface area contributed by atoms with E-state index in [0.29, 0.717) is 22.6 Å². The monoisotopic (exact) mass is 312 g/mol. The second-order valence-electron chi connectivity index (χ2n) is 5.24. The zero-order valence-corrected chi connectivity index (χ0v) is 11.9. The first-order chi connectivity index (χ1) is 8.65. The molecular weight excluding hydrogens is 296 g/mol. The number of aromatic nitrogens is 2. The maximum atomic E-state index is 11.6. The molecule has 2 aliphatic heterocycles. The molecule has 0 aromatic carbocycles. The first-order valence-electron chi connectivity index (χ1n) is 6.37. The molecule has 2 atom stereocenters. The van der Waals surface area contributed by atoms with Crippen LogP contribution in [0.15, 0.2) is 15.6 Å². The van der Waals surface area contributed by atoms with Crippen LogP contribution in [0.5, 0.6) is 0 Å². The second-order valence-corrected chi connectivity index (χ2v) is 6.04. The van der Waals surface area contributed by atoms with Gasteiger partial charge in [0, 0.05) is 25.2 Å². The fraction of sp³-hybridized carbons (Fsp3) is 0.667. The Bertz CT molecular complexity index is 491. The lowest BCUT2D eigenvalue weighted by molar-refractivity contribution is 0.353. The predicted octanol–water partition coefficient (Wildman–Crippen LogP) is 1.25. The number of fused-ring (bicyclic) bond motifs is 2. The Morgan fingerprint density at radius 3 is 2.72 bits per heavy atom. The van der Waals surface area contributed by atoms with Crippen LogP contribution in [0.3, 0.4) is 0 Å². The van der Waals surface area contributed by atoms with Crippen molar-refractivity contribution in [3.63, 3.8) is 0 Å². The van der Waals surface area contributed by atoms with E-state index in [1.54, 1.807) is 0 Å². The molecule has 0 amide bonds. The summed E-state index contributed by atoms with van der Waals surface area (Å²) in [4.78, 5) is 20.6. The van der Waals surface area contributed by atoms with Gasteiger partial charge in [0.2, 0.25) is 0 Å². The minimum Gasteiger partial charge on any atom is -0.355 e. The van der Waals surface area contributed by atoms with E-state index >= 15 is 0 Å². The van der Waals surface area contributed by atoms with E-state index < -0.39 is 0 Å². The molecule has 18 heavy (non-hydrogen) atoms. The summed E-state index contributed by atoms with van der Waals surface area (Å²) in [5.74, 6) is 0.741. The number of aromatic amines is 1. The van der Waals surface area contributed by atoms with Crippen LogP contribution >= 0.6 is 15.9 Å². The zero-order valence-electron chi connectivity index (χ0n) is 10.3. The van der Waals surface area contributed by atoms with Crippen LogP contribution in [-0.2, 0) is 0 Å². The number of piperidine rings is 1. The van der Waals surface area contributed by atoms with E-state index in [1.165, 1.54) is 19.2 Å². The molecule has 0 aliphatic carbocycles. The number of anilines is 1. The number of nitrogens with one attached hydrogen (secondary N) is 2. The first-order valence-corrected chi connectivity index (χ1v) is 7.16. The molecule has 0 spiro atoms. The summed E-state index contributed by atoms with van der Waals surface area (Å²) in [6.45, 7) is 0. The van der Waals surface area contributed by atoms with Gasteiger partial charge < -0.3 is 15.2 Å². The lowest BCUT2D eigenvalue weighted by Crippen LogP contribution is -2.47. The van der Waals surface area contributed by atoms with Gasteiger partial charge in [0.1, 0.15) is 10.3 Å². The zero-order chi connectivity index (χ0) is 12.7. The first kappa shape index (κ1) is 12.2. The van der Waals surface area contributed by atoms with Gasteiger partial charge in [0.15, 0.2) is 0 Å². The van der Waals surface area contributed by atoms with E-state index in [-0.39, 0.29) is 5.56 Å². The van der Waals surface area contributed by atoms with Gasteiger partial charge in [-0.3, -0.25) is 4.79 Å². The molecule has 1 aromatic rings. The third-order valence-corrected chi connectivity index (χ3v) is 4.82. The summed E-state index contributed by atoms with van der Waals surface area (Å²) in [5, 5.41) is 3.63. The molecule has 3 heterocycles. The smallest absolute Gasteiger partial charge is 0.267 e. The Balaban J connectivity index is 1.84. The maximum Gasteiger partial charge on any atom is 0.267 e. The predicted molar refractivity (Wildman–Crippen MR) is 73.9 cm³/mol. The van der Waals surface area contributed by atoms with Crippen molar-refractivity contribution in [2.24, 2.45) is 0 Å². The Morgan fingerprint density at radius 2 is 2.06 bits per heavy atom. The van der Waals surface area contributed by atoms with Crippen molar-refractivity contribution in [3.05, 3.63) is 21.2 Å². The number of rotatable bonds is 2. The molecule has 98 valence electrons. The van der Waals surface area contributed by atoms with Gasteiger partial charge >= 0.3 is 0 Å². The molecule has 2 unspecified atom stereocenters. The van der Waals surface area contributed by atoms with Gasteiger partial charge in [-0.2, -0.15) is 0 Å². The summed E-state index contributed by atoms with van der Waals surface area (Å²) in [5.41, 5.74) is -0.122. The largest absolute Gasteiger partial charge is 0.355 e. The Hall–Kier alpha value is -0.880. The Labute approximate surface area is 114 Å². The number of hydrogen-bond donors (Lipinski definition) is 2. The van der Waals surface area contributed by atoms with Gasteiger partial charge in [-0.15, -0.1) is 0 Å². The van der Waals surface area contributed by atoms with Crippen molar-refractivity contribution in [1.82, 2.24) is 15.3 Å². The Kier molecular flexibility index (Phi) is 3.15. The van der Waals surface area contributed by atoms with E-state index in [9.17, 15) is 4.79 Å². The molecule has 3 rings (SSSR count). The molecule has 6 heteroatoms. The molecule has 5 nitrogen and oxygen atoms in total. The van der Waals surface area contributed by atoms with E-state index in [1.807, 2.05) is 7.05 Å². The highest BCUT2D eigenvalue weighted by molar-refractivity contribution is 9.10. The van der Waals surface area contributed by atoms with Crippen LogP contribution in [0.2, 0.25) is 0 Å². The van der Waals surface area contributed by atoms with E-state index in [2.05, 4.69) is 36.1 Å². The fourth-order valence-electron chi connectivity index (χ4n) is 3.14. The third-order valence-electron chi connectivity index (χ3n) is 4.11. The average Bonchev–Trinajstić information content (AvgIpc) is 2.71. The lowest BCUT2D eigenvalue weighted by Gasteiger charge is -2.36. The number of nitrogens with zero attached hydrogens (tertiary/aromatic N) is 2. The molecule has 0 radical (unpaired) electrons. The lowest BCUT2D eigenvalue weighted by atomic mass is 9.98. The minimum absolute atomic E-state index is 0.122. The van der Waals surface area contributed by atoms with Crippen molar-refractivity contribution >= 4 is 21.7 Å². The highest BCUT2D eigenvalue weighted by Crippen LogP contribution is 2.32. The molecule has 2 fully saturated rings. The normalized spacial score (nSPS) is 30.4. The van der Waals surface area contributed by atoms with Crippen LogP contribution in [0.1, 0.15) is 25.7 Å². The van der Waals surface area contributed by atoms with Crippen molar-refractivity contribution in [2.75, 3.05) is 11.9 Å². The van der Waals surface area contributed by atoms with Gasteiger partial charge in [-0.1, -0.05) is 0 Å². The van der Waals surface area contributed by atoms with E-state index in [0.717, 1.165) is 18.7 Å². The summed E-state index contributed by atoms with van der Waals surface area (Å²) < 4.78 is 0.526. The molecule has 0 saturated carbocycles. The Morgan fingerprint density at radius 1 is 1.39 bits per heavy atom. The maximum absolute atomic E-state index is 11.6. The van der Waals surface area contributed by atoms with Crippen molar-refractivity contribution in [2.45, 2.75) is 43.8 Å². The molecule has 2 aliphatic rings. The van der Waals surface area contributed by atoms with Crippen molar-refractivity contribution < 1.29 is 0 Å². The molecule has 2 bridgehead atoms. The SMILES string of the molecule is CN(c1nc[nH]c(=O)c1Br)C1CC2CCC(C1)N2. The van der Waals surface area contributed by atoms with Crippen LogP contribution in [-0.4, -0.2) is 35.1 Å². The van der Waals surface area contributed by atoms with E-state index in [4.69, 9.17) is 0 Å². The molecular formula is C12H17BrN4O. The van der Waals surface area contributed by atoms with Gasteiger partial charge in [0.05, 0.1) is 6.33 Å². The minimum atomic E-state index is -0.122. The summed E-state index contributed by atoms with van der Waals surface area (Å²) in [7, 11) is 2.03. The molecule has 2 saturated heterocycles. The standard InChI is InChI=1S/C12H17BrN4O/c1-17(11-10(13)12(18)15-6-14-11)9-4-7-2-3-8(5-9)16-7/h6-9,16H,2-5H2,1H3,(H,14,15,18). The highest BCUT2D eigenvalue weighted by atomic mass is 79.9. The summed E-state index contributed by atoms with van der Waals surface area (Å²) >= 11 is 3.33. The van der Waals surface area contributed by atoms with Gasteiger partial charge in [-0.25, -0.2) is 4.98 Å². The van der Waals surface area contributed by atoms with Crippen LogP contribution < -0.4 is 15.8 Å². The fourth-order valence-corrected chi connectivity index (χ4v) is 3.63. The summed E-state index contributed by atoms with van der Waals surface area (Å²) in [6, 6.07) is 1.74. The van der Waals surface area contributed by atoms with Crippen LogP contribution in [0, 0.1) is 0 Å². The number of H-pyrrole nitrogens is 1. The van der Waals surface area contributed by atoms with Crippen LogP contribution in [0.25, 0.3) is 0 Å². The average molecular weight is 313 g/mol. The number of hydrogen-bond acceptors (Lipinski definition) is 4. The van der Waals surface area contributed by atoms with Gasteiger partial charge in [-0.05, 0) is 41.6 Å². The van der Waals surface area contributed by atoms with Crippen molar-refractivity contribution in [3.8, 4) is 0 Å². The van der Waals surface area contributed by atoms with Gasteiger partial charge in [0.25, 0.3) is 5.56 Å². The highest BCUT2D eigenvalue weighted by Gasteiger charge is 2.35. The second kappa shape index (κ2) is 4.66. The third kappa shape index (κ3) is 2.07. The van der Waals surface area contributed by atoms with Crippen LogP contribution in [0.4, 0.5) is 5.82 Å². The number of halogens is 1. The quantitative estimate of drug-likeness (QED) is 0.863. The van der Waals surface area contributed by atoms with Crippen molar-refractivity contribution in [1.29, 1.82) is 0 Å². The molecule has 1 aromatic heterocycles. The summed E-state index contributed by atoms with van der Waals surface area (Å²) in [6.07, 6.45) is 6.29. The topological polar surface area (TPSA) is 61.0 Å².